The van der Waals surface area contributed by atoms with Gasteiger partial charge in [-0.25, -0.2) is 4.39 Å². The molecule has 3 aliphatic rings. The predicted octanol–water partition coefficient (Wildman–Crippen LogP) is 3.48. The number of hydrogen-bond donors (Lipinski definition) is 2. The number of fused-ring (bicyclic) bond motifs is 1. The zero-order valence-corrected chi connectivity index (χ0v) is 20.5. The van der Waals surface area contributed by atoms with Crippen molar-refractivity contribution in [2.24, 2.45) is 11.8 Å². The molecule has 8 heteroatoms. The minimum atomic E-state index is -0.567. The molecule has 35 heavy (non-hydrogen) atoms. The van der Waals surface area contributed by atoms with E-state index in [0.717, 1.165) is 51.0 Å². The lowest BCUT2D eigenvalue weighted by Gasteiger charge is -2.26. The normalized spacial score (nSPS) is 25.0. The molecule has 2 aromatic carbocycles. The summed E-state index contributed by atoms with van der Waals surface area (Å²) in [5.41, 5.74) is 1.10. The Morgan fingerprint density at radius 3 is 2.46 bits per heavy atom. The molecule has 2 unspecified atom stereocenters. The SMILES string of the molecule is O=C(N[C@@H](CCN1CC2CN(C(=O)c3c(F)cccc3Cl)CC2C1)c1ccccc1)[C@@H]1CCCN1. The van der Waals surface area contributed by atoms with E-state index in [4.69, 9.17) is 11.6 Å². The summed E-state index contributed by atoms with van der Waals surface area (Å²) < 4.78 is 14.2. The van der Waals surface area contributed by atoms with Crippen LogP contribution < -0.4 is 10.6 Å². The molecule has 186 valence electrons. The van der Waals surface area contributed by atoms with Crippen molar-refractivity contribution in [3.8, 4) is 0 Å². The van der Waals surface area contributed by atoms with Gasteiger partial charge in [0.2, 0.25) is 5.91 Å². The lowest BCUT2D eigenvalue weighted by Crippen LogP contribution is -2.43. The van der Waals surface area contributed by atoms with Crippen LogP contribution in [0.1, 0.15) is 41.2 Å². The van der Waals surface area contributed by atoms with Crippen molar-refractivity contribution in [2.45, 2.75) is 31.3 Å². The number of carbonyl (C=O) groups is 2. The molecule has 2 aromatic rings. The Labute approximate surface area is 210 Å². The van der Waals surface area contributed by atoms with E-state index in [9.17, 15) is 14.0 Å². The van der Waals surface area contributed by atoms with Crippen LogP contribution >= 0.6 is 11.6 Å². The van der Waals surface area contributed by atoms with Gasteiger partial charge >= 0.3 is 0 Å². The highest BCUT2D eigenvalue weighted by Gasteiger charge is 2.42. The van der Waals surface area contributed by atoms with Crippen molar-refractivity contribution >= 4 is 23.4 Å². The molecule has 3 heterocycles. The molecule has 2 N–H and O–H groups in total. The Morgan fingerprint density at radius 2 is 1.80 bits per heavy atom. The van der Waals surface area contributed by atoms with E-state index in [0.29, 0.717) is 24.9 Å². The highest BCUT2D eigenvalue weighted by molar-refractivity contribution is 6.33. The average molecular weight is 499 g/mol. The lowest BCUT2D eigenvalue weighted by molar-refractivity contribution is -0.123. The van der Waals surface area contributed by atoms with Gasteiger partial charge in [-0.15, -0.1) is 0 Å². The molecule has 3 fully saturated rings. The van der Waals surface area contributed by atoms with Crippen molar-refractivity contribution in [1.29, 1.82) is 0 Å². The number of carbonyl (C=O) groups excluding carboxylic acids is 2. The van der Waals surface area contributed by atoms with Gasteiger partial charge in [0.05, 0.1) is 22.7 Å². The molecule has 2 amide bonds. The first-order chi connectivity index (χ1) is 17.0. The summed E-state index contributed by atoms with van der Waals surface area (Å²) in [6.45, 7) is 4.82. The van der Waals surface area contributed by atoms with E-state index in [2.05, 4.69) is 27.7 Å². The molecule has 3 aliphatic heterocycles. The third-order valence-corrected chi connectivity index (χ3v) is 7.97. The molecule has 0 bridgehead atoms. The predicted molar refractivity (Wildman–Crippen MR) is 134 cm³/mol. The van der Waals surface area contributed by atoms with Crippen LogP contribution in [0.25, 0.3) is 0 Å². The Hall–Kier alpha value is -2.48. The molecule has 5 rings (SSSR count). The fourth-order valence-corrected chi connectivity index (χ4v) is 6.04. The molecule has 0 aliphatic carbocycles. The molecule has 0 aromatic heterocycles. The Balaban J connectivity index is 1.17. The number of rotatable bonds is 7. The van der Waals surface area contributed by atoms with Gasteiger partial charge in [-0.05, 0) is 55.3 Å². The molecule has 6 nitrogen and oxygen atoms in total. The monoisotopic (exact) mass is 498 g/mol. The van der Waals surface area contributed by atoms with Gasteiger partial charge in [-0.2, -0.15) is 0 Å². The average Bonchev–Trinajstić information content (AvgIpc) is 3.59. The van der Waals surface area contributed by atoms with Crippen molar-refractivity contribution < 1.29 is 14.0 Å². The van der Waals surface area contributed by atoms with Crippen molar-refractivity contribution in [3.05, 3.63) is 70.5 Å². The van der Waals surface area contributed by atoms with Gasteiger partial charge in [0, 0.05) is 32.7 Å². The highest BCUT2D eigenvalue weighted by atomic mass is 35.5. The van der Waals surface area contributed by atoms with Crippen LogP contribution in [-0.2, 0) is 4.79 Å². The van der Waals surface area contributed by atoms with Gasteiger partial charge in [0.15, 0.2) is 0 Å². The maximum absolute atomic E-state index is 14.2. The van der Waals surface area contributed by atoms with Gasteiger partial charge in [-0.1, -0.05) is 48.0 Å². The standard InChI is InChI=1S/C27H32ClFN4O2/c28-21-8-4-9-22(29)25(21)27(35)33-16-19-14-32(15-20(19)17-33)13-11-23(18-6-2-1-3-7-18)31-26(34)24-10-5-12-30-24/h1-4,6-9,19-20,23-24,30H,5,10-17H2,(H,31,34)/t19?,20?,23-,24-/m0/s1. The van der Waals surface area contributed by atoms with Crippen LogP contribution in [-0.4, -0.2) is 66.9 Å². The Bertz CT molecular complexity index is 1030. The van der Waals surface area contributed by atoms with E-state index in [1.807, 2.05) is 18.2 Å². The number of halogens is 2. The molecule has 0 saturated carbocycles. The number of nitrogens with one attached hydrogen (secondary N) is 2. The Morgan fingerprint density at radius 1 is 1.06 bits per heavy atom. The fourth-order valence-electron chi connectivity index (χ4n) is 5.80. The molecular weight excluding hydrogens is 467 g/mol. The number of nitrogens with zero attached hydrogens (tertiary/aromatic N) is 2. The van der Waals surface area contributed by atoms with Gasteiger partial charge in [0.1, 0.15) is 5.82 Å². The summed E-state index contributed by atoms with van der Waals surface area (Å²) in [4.78, 5) is 29.9. The number of hydrogen-bond acceptors (Lipinski definition) is 4. The smallest absolute Gasteiger partial charge is 0.258 e. The zero-order valence-electron chi connectivity index (χ0n) is 19.8. The summed E-state index contributed by atoms with van der Waals surface area (Å²) in [7, 11) is 0. The third-order valence-electron chi connectivity index (χ3n) is 7.65. The first-order valence-electron chi connectivity index (χ1n) is 12.5. The van der Waals surface area contributed by atoms with Crippen LogP contribution in [0, 0.1) is 17.7 Å². The lowest BCUT2D eigenvalue weighted by atomic mass is 10.0. The molecule has 3 saturated heterocycles. The zero-order chi connectivity index (χ0) is 24.4. The van der Waals surface area contributed by atoms with Crippen LogP contribution in [0.5, 0.6) is 0 Å². The van der Waals surface area contributed by atoms with E-state index >= 15 is 0 Å². The van der Waals surface area contributed by atoms with Gasteiger partial charge in [-0.3, -0.25) is 9.59 Å². The fraction of sp³-hybridized carbons (Fsp3) is 0.481. The minimum Gasteiger partial charge on any atom is -0.348 e. The second kappa shape index (κ2) is 10.6. The summed E-state index contributed by atoms with van der Waals surface area (Å²) in [5, 5.41) is 6.72. The largest absolute Gasteiger partial charge is 0.348 e. The number of amides is 2. The summed E-state index contributed by atoms with van der Waals surface area (Å²) >= 11 is 6.12. The van der Waals surface area contributed by atoms with E-state index in [1.54, 1.807) is 11.0 Å². The van der Waals surface area contributed by atoms with Gasteiger partial charge in [0.25, 0.3) is 5.91 Å². The van der Waals surface area contributed by atoms with Crippen LogP contribution in [0.2, 0.25) is 5.02 Å². The van der Waals surface area contributed by atoms with Crippen molar-refractivity contribution in [2.75, 3.05) is 39.3 Å². The maximum atomic E-state index is 14.2. The first-order valence-corrected chi connectivity index (χ1v) is 12.9. The van der Waals surface area contributed by atoms with Crippen LogP contribution in [0.15, 0.2) is 48.5 Å². The molecular formula is C27H32ClFN4O2. The summed E-state index contributed by atoms with van der Waals surface area (Å²) in [6.07, 6.45) is 2.75. The van der Waals surface area contributed by atoms with Crippen molar-refractivity contribution in [1.82, 2.24) is 20.4 Å². The van der Waals surface area contributed by atoms with E-state index in [1.165, 1.54) is 12.1 Å². The summed E-state index contributed by atoms with van der Waals surface area (Å²) in [5.74, 6) is -0.0612. The second-order valence-corrected chi connectivity index (χ2v) is 10.4. The van der Waals surface area contributed by atoms with E-state index in [-0.39, 0.29) is 34.5 Å². The van der Waals surface area contributed by atoms with Gasteiger partial charge < -0.3 is 20.4 Å². The highest BCUT2D eigenvalue weighted by Crippen LogP contribution is 2.33. The quantitative estimate of drug-likeness (QED) is 0.613. The molecule has 0 radical (unpaired) electrons. The first kappa shape index (κ1) is 24.2. The van der Waals surface area contributed by atoms with Crippen LogP contribution in [0.3, 0.4) is 0 Å². The Kier molecular flexibility index (Phi) is 7.37. The van der Waals surface area contributed by atoms with E-state index < -0.39 is 5.82 Å². The number of likely N-dealkylation sites (tertiary alicyclic amines) is 2. The topological polar surface area (TPSA) is 64.7 Å². The van der Waals surface area contributed by atoms with Crippen molar-refractivity contribution in [3.63, 3.8) is 0 Å². The molecule has 4 atom stereocenters. The minimum absolute atomic E-state index is 0.0239. The van der Waals surface area contributed by atoms with Crippen LogP contribution in [0.4, 0.5) is 4.39 Å². The number of benzene rings is 2. The summed E-state index contributed by atoms with van der Waals surface area (Å²) in [6, 6.07) is 14.4. The third kappa shape index (κ3) is 5.37. The second-order valence-electron chi connectivity index (χ2n) is 10.00. The maximum Gasteiger partial charge on any atom is 0.258 e. The molecule has 0 spiro atoms.